The lowest BCUT2D eigenvalue weighted by Gasteiger charge is -2.13. The molecule has 0 spiro atoms. The van der Waals surface area contributed by atoms with E-state index in [1.165, 1.54) is 12.1 Å². The maximum absolute atomic E-state index is 13.3. The standard InChI is InChI=1S/C13H17FO/c1-5-10(4)11-6-12(14)8-13(7-11)15-9(2)3/h5-10H,1H2,2-4H3. The van der Waals surface area contributed by atoms with Gasteiger partial charge >= 0.3 is 0 Å². The zero-order chi connectivity index (χ0) is 11.4. The number of rotatable bonds is 4. The summed E-state index contributed by atoms with van der Waals surface area (Å²) in [6.07, 6.45) is 1.84. The molecule has 82 valence electrons. The van der Waals surface area contributed by atoms with Gasteiger partial charge in [-0.1, -0.05) is 13.0 Å². The highest BCUT2D eigenvalue weighted by Gasteiger charge is 2.07. The predicted molar refractivity (Wildman–Crippen MR) is 60.8 cm³/mol. The van der Waals surface area contributed by atoms with E-state index in [0.29, 0.717) is 5.75 Å². The molecular weight excluding hydrogens is 191 g/mol. The molecule has 0 bridgehead atoms. The van der Waals surface area contributed by atoms with Crippen molar-refractivity contribution in [1.82, 2.24) is 0 Å². The zero-order valence-corrected chi connectivity index (χ0v) is 9.46. The Morgan fingerprint density at radius 3 is 2.47 bits per heavy atom. The molecule has 1 unspecified atom stereocenters. The van der Waals surface area contributed by atoms with Crippen molar-refractivity contribution in [2.45, 2.75) is 32.8 Å². The van der Waals surface area contributed by atoms with Crippen LogP contribution in [-0.2, 0) is 0 Å². The zero-order valence-electron chi connectivity index (χ0n) is 9.46. The fraction of sp³-hybridized carbons (Fsp3) is 0.385. The van der Waals surface area contributed by atoms with E-state index in [2.05, 4.69) is 6.58 Å². The molecule has 1 nitrogen and oxygen atoms in total. The van der Waals surface area contributed by atoms with Crippen molar-refractivity contribution in [1.29, 1.82) is 0 Å². The van der Waals surface area contributed by atoms with E-state index < -0.39 is 0 Å². The van der Waals surface area contributed by atoms with Gasteiger partial charge in [0, 0.05) is 6.07 Å². The summed E-state index contributed by atoms with van der Waals surface area (Å²) in [5.74, 6) is 0.445. The quantitative estimate of drug-likeness (QED) is 0.682. The van der Waals surface area contributed by atoms with Gasteiger partial charge in [-0.3, -0.25) is 0 Å². The minimum Gasteiger partial charge on any atom is -0.491 e. The van der Waals surface area contributed by atoms with Gasteiger partial charge in [0.1, 0.15) is 11.6 Å². The van der Waals surface area contributed by atoms with Crippen molar-refractivity contribution in [2.75, 3.05) is 0 Å². The molecule has 2 heteroatoms. The first-order chi connectivity index (χ1) is 7.02. The average molecular weight is 208 g/mol. The third kappa shape index (κ3) is 3.39. The van der Waals surface area contributed by atoms with Crippen LogP contribution in [0.1, 0.15) is 32.3 Å². The third-order valence-corrected chi connectivity index (χ3v) is 2.14. The molecule has 0 amide bonds. The van der Waals surface area contributed by atoms with Crippen molar-refractivity contribution in [2.24, 2.45) is 0 Å². The highest BCUT2D eigenvalue weighted by molar-refractivity contribution is 5.33. The normalized spacial score (nSPS) is 12.6. The Balaban J connectivity index is 2.99. The van der Waals surface area contributed by atoms with Gasteiger partial charge in [-0.05, 0) is 37.5 Å². The molecule has 0 fully saturated rings. The Morgan fingerprint density at radius 2 is 1.93 bits per heavy atom. The molecule has 1 aromatic rings. The van der Waals surface area contributed by atoms with Crippen LogP contribution >= 0.6 is 0 Å². The van der Waals surface area contributed by atoms with Crippen molar-refractivity contribution >= 4 is 0 Å². The highest BCUT2D eigenvalue weighted by Crippen LogP contribution is 2.23. The van der Waals surface area contributed by atoms with Crippen molar-refractivity contribution in [3.63, 3.8) is 0 Å². The van der Waals surface area contributed by atoms with Gasteiger partial charge in [0.2, 0.25) is 0 Å². The molecular formula is C13H17FO. The van der Waals surface area contributed by atoms with Gasteiger partial charge in [0.05, 0.1) is 6.10 Å². The molecule has 0 N–H and O–H groups in total. The Bertz CT molecular complexity index is 344. The molecule has 1 rings (SSSR count). The fourth-order valence-electron chi connectivity index (χ4n) is 1.32. The lowest BCUT2D eigenvalue weighted by Crippen LogP contribution is -2.06. The van der Waals surface area contributed by atoms with Gasteiger partial charge in [-0.25, -0.2) is 4.39 Å². The number of benzene rings is 1. The maximum atomic E-state index is 13.3. The average Bonchev–Trinajstić information content (AvgIpc) is 2.14. The van der Waals surface area contributed by atoms with E-state index in [4.69, 9.17) is 4.74 Å². The molecule has 0 aromatic heterocycles. The van der Waals surface area contributed by atoms with Crippen molar-refractivity contribution < 1.29 is 9.13 Å². The van der Waals surface area contributed by atoms with Crippen LogP contribution in [0.2, 0.25) is 0 Å². The Hall–Kier alpha value is -1.31. The summed E-state index contributed by atoms with van der Waals surface area (Å²) < 4.78 is 18.7. The lowest BCUT2D eigenvalue weighted by molar-refractivity contribution is 0.241. The van der Waals surface area contributed by atoms with E-state index in [1.807, 2.05) is 26.8 Å². The number of allylic oxidation sites excluding steroid dienone is 1. The maximum Gasteiger partial charge on any atom is 0.127 e. The minimum atomic E-state index is -0.267. The second-order valence-electron chi connectivity index (χ2n) is 3.91. The Labute approximate surface area is 90.6 Å². The molecule has 0 saturated carbocycles. The molecule has 0 radical (unpaired) electrons. The van der Waals surface area contributed by atoms with Crippen LogP contribution in [0.5, 0.6) is 5.75 Å². The van der Waals surface area contributed by atoms with E-state index >= 15 is 0 Å². The first-order valence-corrected chi connectivity index (χ1v) is 5.12. The fourth-order valence-corrected chi connectivity index (χ4v) is 1.32. The number of ether oxygens (including phenoxy) is 1. The van der Waals surface area contributed by atoms with E-state index in [0.717, 1.165) is 5.56 Å². The molecule has 1 atom stereocenters. The molecule has 1 aromatic carbocycles. The molecule has 0 aliphatic heterocycles. The second-order valence-corrected chi connectivity index (χ2v) is 3.91. The third-order valence-electron chi connectivity index (χ3n) is 2.14. The molecule has 0 aliphatic rings. The summed E-state index contributed by atoms with van der Waals surface area (Å²) in [7, 11) is 0. The van der Waals surface area contributed by atoms with Gasteiger partial charge in [-0.15, -0.1) is 6.58 Å². The van der Waals surface area contributed by atoms with Crippen LogP contribution in [0.4, 0.5) is 4.39 Å². The van der Waals surface area contributed by atoms with Crippen LogP contribution in [0.3, 0.4) is 0 Å². The monoisotopic (exact) mass is 208 g/mol. The second kappa shape index (κ2) is 4.96. The van der Waals surface area contributed by atoms with Gasteiger partial charge in [0.25, 0.3) is 0 Å². The largest absolute Gasteiger partial charge is 0.491 e. The predicted octanol–water partition coefficient (Wildman–Crippen LogP) is 3.90. The topological polar surface area (TPSA) is 9.23 Å². The van der Waals surface area contributed by atoms with Crippen LogP contribution < -0.4 is 4.74 Å². The minimum absolute atomic E-state index is 0.0543. The van der Waals surface area contributed by atoms with Crippen LogP contribution in [-0.4, -0.2) is 6.10 Å². The first kappa shape index (κ1) is 11.8. The molecule has 0 aliphatic carbocycles. The number of hydrogen-bond donors (Lipinski definition) is 0. The Morgan fingerprint density at radius 1 is 1.27 bits per heavy atom. The number of halogens is 1. The van der Waals surface area contributed by atoms with Crippen LogP contribution in [0, 0.1) is 5.82 Å². The van der Waals surface area contributed by atoms with E-state index in [-0.39, 0.29) is 17.8 Å². The highest BCUT2D eigenvalue weighted by atomic mass is 19.1. The summed E-state index contributed by atoms with van der Waals surface area (Å²) >= 11 is 0. The summed E-state index contributed by atoms with van der Waals surface area (Å²) in [5.41, 5.74) is 0.889. The van der Waals surface area contributed by atoms with Gasteiger partial charge in [0.15, 0.2) is 0 Å². The van der Waals surface area contributed by atoms with Crippen LogP contribution in [0.25, 0.3) is 0 Å². The number of hydrogen-bond acceptors (Lipinski definition) is 1. The SMILES string of the molecule is C=CC(C)c1cc(F)cc(OC(C)C)c1. The smallest absolute Gasteiger partial charge is 0.127 e. The van der Waals surface area contributed by atoms with Gasteiger partial charge < -0.3 is 4.74 Å². The van der Waals surface area contributed by atoms with E-state index in [9.17, 15) is 4.39 Å². The molecule has 0 saturated heterocycles. The molecule has 0 heterocycles. The summed E-state index contributed by atoms with van der Waals surface area (Å²) in [6, 6.07) is 4.77. The summed E-state index contributed by atoms with van der Waals surface area (Å²) in [6.45, 7) is 9.50. The van der Waals surface area contributed by atoms with Gasteiger partial charge in [-0.2, -0.15) is 0 Å². The summed E-state index contributed by atoms with van der Waals surface area (Å²) in [4.78, 5) is 0. The Kier molecular flexibility index (Phi) is 3.89. The first-order valence-electron chi connectivity index (χ1n) is 5.12. The van der Waals surface area contributed by atoms with E-state index in [1.54, 1.807) is 6.08 Å². The van der Waals surface area contributed by atoms with Crippen LogP contribution in [0.15, 0.2) is 30.9 Å². The molecule has 15 heavy (non-hydrogen) atoms. The van der Waals surface area contributed by atoms with Crippen molar-refractivity contribution in [3.05, 3.63) is 42.2 Å². The van der Waals surface area contributed by atoms with Crippen molar-refractivity contribution in [3.8, 4) is 5.75 Å². The summed E-state index contributed by atoms with van der Waals surface area (Å²) in [5, 5.41) is 0. The lowest BCUT2D eigenvalue weighted by atomic mass is 10.0.